The molecule has 0 radical (unpaired) electrons. The van der Waals surface area contributed by atoms with E-state index in [0.717, 1.165) is 5.56 Å². The van der Waals surface area contributed by atoms with Crippen LogP contribution in [0.5, 0.6) is 5.75 Å². The molecule has 0 bridgehead atoms. The van der Waals surface area contributed by atoms with Crippen LogP contribution in [0.15, 0.2) is 30.3 Å². The van der Waals surface area contributed by atoms with Gasteiger partial charge in [0.25, 0.3) is 0 Å². The summed E-state index contributed by atoms with van der Waals surface area (Å²) in [5, 5.41) is 4.15. The highest BCUT2D eigenvalue weighted by Crippen LogP contribution is 2.19. The Hall–Kier alpha value is -2.30. The van der Waals surface area contributed by atoms with Crippen LogP contribution in [0, 0.1) is 6.92 Å². The Morgan fingerprint density at radius 3 is 2.63 bits per heavy atom. The van der Waals surface area contributed by atoms with Gasteiger partial charge in [0.05, 0.1) is 0 Å². The van der Waals surface area contributed by atoms with Crippen LogP contribution in [0.4, 0.5) is 5.82 Å². The van der Waals surface area contributed by atoms with Crippen LogP contribution in [0.25, 0.3) is 0 Å². The van der Waals surface area contributed by atoms with Crippen LogP contribution < -0.4 is 10.5 Å². The molecule has 0 aliphatic carbocycles. The summed E-state index contributed by atoms with van der Waals surface area (Å²) in [6, 6.07) is 8.95. The summed E-state index contributed by atoms with van der Waals surface area (Å²) in [5.41, 5.74) is 6.91. The molecule has 0 spiro atoms. The van der Waals surface area contributed by atoms with E-state index in [1.54, 1.807) is 10.7 Å². The molecule has 0 amide bonds. The number of para-hydroxylation sites is 1. The molecule has 2 rings (SSSR count). The number of rotatable bonds is 3. The highest BCUT2D eigenvalue weighted by molar-refractivity contribution is 5.90. The fraction of sp³-hybridized carbons (Fsp3) is 0.286. The second kappa shape index (κ2) is 5.14. The number of hydrogen-bond acceptors (Lipinski definition) is 4. The van der Waals surface area contributed by atoms with Gasteiger partial charge in [0, 0.05) is 12.1 Å². The fourth-order valence-corrected chi connectivity index (χ4v) is 1.75. The second-order valence-electron chi connectivity index (χ2n) is 4.65. The Morgan fingerprint density at radius 1 is 1.37 bits per heavy atom. The topological polar surface area (TPSA) is 70.1 Å². The van der Waals surface area contributed by atoms with Gasteiger partial charge in [-0.2, -0.15) is 5.10 Å². The van der Waals surface area contributed by atoms with E-state index in [-0.39, 0.29) is 11.7 Å². The Kier molecular flexibility index (Phi) is 3.55. The van der Waals surface area contributed by atoms with E-state index >= 15 is 0 Å². The lowest BCUT2D eigenvalue weighted by Gasteiger charge is -2.07. The number of esters is 1. The average Bonchev–Trinajstić information content (AvgIpc) is 2.74. The van der Waals surface area contributed by atoms with Gasteiger partial charge in [0.2, 0.25) is 0 Å². The zero-order valence-electron chi connectivity index (χ0n) is 11.3. The van der Waals surface area contributed by atoms with Crippen molar-refractivity contribution in [3.8, 4) is 5.75 Å². The SMILES string of the molecule is Cc1ccccc1OC(=O)c1cc(N)n(C(C)C)n1. The quantitative estimate of drug-likeness (QED) is 0.679. The van der Waals surface area contributed by atoms with Crippen LogP contribution in [0.3, 0.4) is 0 Å². The molecule has 0 fully saturated rings. The number of carbonyl (C=O) groups excluding carboxylic acids is 1. The van der Waals surface area contributed by atoms with Gasteiger partial charge in [0.15, 0.2) is 5.69 Å². The summed E-state index contributed by atoms with van der Waals surface area (Å²) in [5.74, 6) is 0.484. The van der Waals surface area contributed by atoms with Crippen molar-refractivity contribution in [2.24, 2.45) is 0 Å². The third kappa shape index (κ3) is 2.76. The van der Waals surface area contributed by atoms with Crippen molar-refractivity contribution in [2.75, 3.05) is 5.73 Å². The lowest BCUT2D eigenvalue weighted by molar-refractivity contribution is 0.0726. The molecule has 0 saturated heterocycles. The van der Waals surface area contributed by atoms with Crippen LogP contribution in [0.2, 0.25) is 0 Å². The third-order valence-electron chi connectivity index (χ3n) is 2.76. The Labute approximate surface area is 112 Å². The standard InChI is InChI=1S/C14H17N3O2/c1-9(2)17-13(15)8-11(16-17)14(18)19-12-7-5-4-6-10(12)3/h4-9H,15H2,1-3H3. The molecule has 0 atom stereocenters. The normalized spacial score (nSPS) is 10.7. The number of nitrogens with zero attached hydrogens (tertiary/aromatic N) is 2. The molecule has 2 N–H and O–H groups in total. The van der Waals surface area contributed by atoms with Crippen molar-refractivity contribution in [1.29, 1.82) is 0 Å². The summed E-state index contributed by atoms with van der Waals surface area (Å²) in [4.78, 5) is 12.0. The highest BCUT2D eigenvalue weighted by Gasteiger charge is 2.16. The van der Waals surface area contributed by atoms with Crippen LogP contribution in [-0.2, 0) is 0 Å². The van der Waals surface area contributed by atoms with E-state index in [0.29, 0.717) is 11.6 Å². The number of nitrogen functional groups attached to an aromatic ring is 1. The summed E-state index contributed by atoms with van der Waals surface area (Å²) < 4.78 is 6.90. The zero-order valence-corrected chi connectivity index (χ0v) is 11.3. The smallest absolute Gasteiger partial charge is 0.364 e. The number of carbonyl (C=O) groups is 1. The molecule has 5 heteroatoms. The maximum atomic E-state index is 12.0. The molecule has 1 aromatic carbocycles. The van der Waals surface area contributed by atoms with E-state index in [9.17, 15) is 4.79 Å². The van der Waals surface area contributed by atoms with Gasteiger partial charge in [-0.15, -0.1) is 0 Å². The van der Waals surface area contributed by atoms with Crippen molar-refractivity contribution >= 4 is 11.8 Å². The minimum absolute atomic E-state index is 0.0972. The lowest BCUT2D eigenvalue weighted by Crippen LogP contribution is -2.12. The maximum Gasteiger partial charge on any atom is 0.364 e. The number of ether oxygens (including phenoxy) is 1. The van der Waals surface area contributed by atoms with Crippen LogP contribution in [-0.4, -0.2) is 15.7 Å². The van der Waals surface area contributed by atoms with Crippen LogP contribution in [0.1, 0.15) is 35.9 Å². The Balaban J connectivity index is 2.21. The van der Waals surface area contributed by atoms with Crippen molar-refractivity contribution in [3.05, 3.63) is 41.6 Å². The second-order valence-corrected chi connectivity index (χ2v) is 4.65. The molecule has 0 aliphatic rings. The predicted octanol–water partition coefficient (Wildman–Crippen LogP) is 2.57. The molecule has 100 valence electrons. The van der Waals surface area contributed by atoms with Crippen molar-refractivity contribution in [2.45, 2.75) is 26.8 Å². The monoisotopic (exact) mass is 259 g/mol. The van der Waals surface area contributed by atoms with E-state index in [2.05, 4.69) is 5.10 Å². The molecule has 0 unspecified atom stereocenters. The van der Waals surface area contributed by atoms with Gasteiger partial charge in [-0.1, -0.05) is 18.2 Å². The van der Waals surface area contributed by atoms with Crippen LogP contribution >= 0.6 is 0 Å². The number of benzene rings is 1. The minimum atomic E-state index is -0.500. The van der Waals surface area contributed by atoms with E-state index < -0.39 is 5.97 Å². The van der Waals surface area contributed by atoms with Crippen molar-refractivity contribution in [3.63, 3.8) is 0 Å². The predicted molar refractivity (Wildman–Crippen MR) is 73.2 cm³/mol. The number of aromatic nitrogens is 2. The van der Waals surface area contributed by atoms with Gasteiger partial charge >= 0.3 is 5.97 Å². The number of anilines is 1. The third-order valence-corrected chi connectivity index (χ3v) is 2.76. The maximum absolute atomic E-state index is 12.0. The summed E-state index contributed by atoms with van der Waals surface area (Å²) in [6.07, 6.45) is 0. The summed E-state index contributed by atoms with van der Waals surface area (Å²) in [6.45, 7) is 5.77. The van der Waals surface area contributed by atoms with Gasteiger partial charge in [-0.05, 0) is 32.4 Å². The number of hydrogen-bond donors (Lipinski definition) is 1. The fourth-order valence-electron chi connectivity index (χ4n) is 1.75. The minimum Gasteiger partial charge on any atom is -0.421 e. The van der Waals surface area contributed by atoms with Gasteiger partial charge in [-0.25, -0.2) is 9.48 Å². The summed E-state index contributed by atoms with van der Waals surface area (Å²) >= 11 is 0. The molecule has 19 heavy (non-hydrogen) atoms. The molecule has 2 aromatic rings. The van der Waals surface area contributed by atoms with Gasteiger partial charge in [-0.3, -0.25) is 0 Å². The van der Waals surface area contributed by atoms with Gasteiger partial charge in [0.1, 0.15) is 11.6 Å². The largest absolute Gasteiger partial charge is 0.421 e. The van der Waals surface area contributed by atoms with E-state index in [4.69, 9.17) is 10.5 Å². The number of aryl methyl sites for hydroxylation is 1. The molecule has 1 heterocycles. The Bertz CT molecular complexity index is 602. The Morgan fingerprint density at radius 2 is 2.05 bits per heavy atom. The molecule has 0 aliphatic heterocycles. The van der Waals surface area contributed by atoms with E-state index in [1.165, 1.54) is 6.07 Å². The first-order valence-electron chi connectivity index (χ1n) is 6.12. The molecular formula is C14H17N3O2. The first-order chi connectivity index (χ1) is 8.99. The number of nitrogens with two attached hydrogens (primary N) is 1. The lowest BCUT2D eigenvalue weighted by atomic mass is 10.2. The molecule has 0 saturated carbocycles. The molecule has 1 aromatic heterocycles. The van der Waals surface area contributed by atoms with Crippen molar-refractivity contribution < 1.29 is 9.53 Å². The first-order valence-corrected chi connectivity index (χ1v) is 6.12. The summed E-state index contributed by atoms with van der Waals surface area (Å²) in [7, 11) is 0. The zero-order chi connectivity index (χ0) is 14.0. The highest BCUT2D eigenvalue weighted by atomic mass is 16.5. The average molecular weight is 259 g/mol. The van der Waals surface area contributed by atoms with Crippen molar-refractivity contribution in [1.82, 2.24) is 9.78 Å². The molecule has 5 nitrogen and oxygen atoms in total. The molecular weight excluding hydrogens is 242 g/mol. The van der Waals surface area contributed by atoms with E-state index in [1.807, 2.05) is 39.0 Å². The first kappa shape index (κ1) is 13.1. The van der Waals surface area contributed by atoms with Gasteiger partial charge < -0.3 is 10.5 Å².